The van der Waals surface area contributed by atoms with Crippen molar-refractivity contribution in [3.8, 4) is 0 Å². The SMILES string of the molecule is O=C(CCS(=O)(=O)c1ccccc1)N(Cc1cnc2ccccn12)c1ccccc1. The zero-order valence-corrected chi connectivity index (χ0v) is 17.1. The maximum atomic E-state index is 13.1. The van der Waals surface area contributed by atoms with Crippen molar-refractivity contribution >= 4 is 27.1 Å². The molecule has 0 N–H and O–H groups in total. The van der Waals surface area contributed by atoms with Crippen LogP contribution in [0.2, 0.25) is 0 Å². The van der Waals surface area contributed by atoms with Gasteiger partial charge in [0, 0.05) is 18.3 Å². The first-order valence-electron chi connectivity index (χ1n) is 9.59. The predicted octanol–water partition coefficient (Wildman–Crippen LogP) is 3.73. The van der Waals surface area contributed by atoms with E-state index >= 15 is 0 Å². The number of hydrogen-bond donors (Lipinski definition) is 0. The van der Waals surface area contributed by atoms with Gasteiger partial charge in [-0.2, -0.15) is 0 Å². The number of amides is 1. The van der Waals surface area contributed by atoms with Gasteiger partial charge in [-0.05, 0) is 36.4 Å². The predicted molar refractivity (Wildman–Crippen MR) is 116 cm³/mol. The number of para-hydroxylation sites is 1. The molecule has 0 saturated carbocycles. The first kappa shape index (κ1) is 19.8. The Morgan fingerprint density at radius 3 is 2.30 bits per heavy atom. The van der Waals surface area contributed by atoms with Crippen LogP contribution in [0.15, 0.2) is 96.2 Å². The van der Waals surface area contributed by atoms with E-state index in [1.54, 1.807) is 41.4 Å². The smallest absolute Gasteiger partial charge is 0.228 e. The van der Waals surface area contributed by atoms with Crippen LogP contribution < -0.4 is 4.90 Å². The second-order valence-corrected chi connectivity index (χ2v) is 8.98. The summed E-state index contributed by atoms with van der Waals surface area (Å²) < 4.78 is 27.1. The zero-order chi connectivity index (χ0) is 21.0. The maximum absolute atomic E-state index is 13.1. The van der Waals surface area contributed by atoms with Crippen LogP contribution in [0.1, 0.15) is 12.1 Å². The van der Waals surface area contributed by atoms with Gasteiger partial charge in [-0.15, -0.1) is 0 Å². The van der Waals surface area contributed by atoms with E-state index in [2.05, 4.69) is 4.98 Å². The molecule has 4 aromatic rings. The molecule has 7 heteroatoms. The van der Waals surface area contributed by atoms with Gasteiger partial charge >= 0.3 is 0 Å². The van der Waals surface area contributed by atoms with E-state index in [0.29, 0.717) is 12.2 Å². The van der Waals surface area contributed by atoms with Gasteiger partial charge in [0.05, 0.1) is 29.1 Å². The highest BCUT2D eigenvalue weighted by Gasteiger charge is 2.22. The standard InChI is InChI=1S/C23H21N3O3S/c27-23(14-16-30(28,29)21-11-5-2-6-12-21)26(19-9-3-1-4-10-19)18-20-17-24-22-13-7-8-15-25(20)22/h1-13,15,17H,14,16,18H2. The highest BCUT2D eigenvalue weighted by Crippen LogP contribution is 2.20. The quantitative estimate of drug-likeness (QED) is 0.458. The topological polar surface area (TPSA) is 71.8 Å². The minimum Gasteiger partial charge on any atom is -0.306 e. The Morgan fingerprint density at radius 1 is 0.900 bits per heavy atom. The number of sulfone groups is 1. The number of nitrogens with zero attached hydrogens (tertiary/aromatic N) is 3. The summed E-state index contributed by atoms with van der Waals surface area (Å²) >= 11 is 0. The van der Waals surface area contributed by atoms with Crippen molar-refractivity contribution in [2.24, 2.45) is 0 Å². The third-order valence-electron chi connectivity index (χ3n) is 4.87. The number of hydrogen-bond acceptors (Lipinski definition) is 4. The third kappa shape index (κ3) is 4.26. The number of anilines is 1. The van der Waals surface area contributed by atoms with Crippen molar-refractivity contribution in [1.29, 1.82) is 0 Å². The van der Waals surface area contributed by atoms with Crippen LogP contribution in [0.4, 0.5) is 5.69 Å². The molecule has 1 amide bonds. The molecule has 152 valence electrons. The molecule has 30 heavy (non-hydrogen) atoms. The molecule has 6 nitrogen and oxygen atoms in total. The van der Waals surface area contributed by atoms with Gasteiger partial charge < -0.3 is 9.30 Å². The summed E-state index contributed by atoms with van der Waals surface area (Å²) in [6.07, 6.45) is 3.52. The van der Waals surface area contributed by atoms with Gasteiger partial charge in [0.2, 0.25) is 5.91 Å². The molecule has 2 aromatic carbocycles. The molecule has 0 atom stereocenters. The van der Waals surface area contributed by atoms with E-state index < -0.39 is 9.84 Å². The average Bonchev–Trinajstić information content (AvgIpc) is 3.20. The number of rotatable bonds is 7. The lowest BCUT2D eigenvalue weighted by Crippen LogP contribution is -2.32. The van der Waals surface area contributed by atoms with Crippen LogP contribution in [-0.2, 0) is 21.2 Å². The fourth-order valence-electron chi connectivity index (χ4n) is 3.30. The molecule has 0 spiro atoms. The normalized spacial score (nSPS) is 11.5. The molecule has 0 aliphatic carbocycles. The van der Waals surface area contributed by atoms with E-state index in [0.717, 1.165) is 11.3 Å². The Balaban J connectivity index is 1.58. The van der Waals surface area contributed by atoms with Crippen molar-refractivity contribution in [2.75, 3.05) is 10.7 Å². The number of imidazole rings is 1. The molecule has 0 saturated heterocycles. The van der Waals surface area contributed by atoms with E-state index in [4.69, 9.17) is 0 Å². The highest BCUT2D eigenvalue weighted by atomic mass is 32.2. The molecule has 4 rings (SSSR count). The molecule has 0 fully saturated rings. The summed E-state index contributed by atoms with van der Waals surface area (Å²) in [6, 6.07) is 23.2. The van der Waals surface area contributed by atoms with Gasteiger partial charge in [0.25, 0.3) is 0 Å². The first-order valence-corrected chi connectivity index (χ1v) is 11.2. The molecule has 0 aliphatic heterocycles. The number of carbonyl (C=O) groups excluding carboxylic acids is 1. The summed E-state index contributed by atoms with van der Waals surface area (Å²) in [5, 5.41) is 0. The van der Waals surface area contributed by atoms with Crippen molar-refractivity contribution in [3.63, 3.8) is 0 Å². The average molecular weight is 420 g/mol. The minimum absolute atomic E-state index is 0.108. The number of fused-ring (bicyclic) bond motifs is 1. The van der Waals surface area contributed by atoms with Crippen molar-refractivity contribution in [2.45, 2.75) is 17.9 Å². The van der Waals surface area contributed by atoms with Gasteiger partial charge in [-0.25, -0.2) is 13.4 Å². The van der Waals surface area contributed by atoms with Gasteiger partial charge in [0.15, 0.2) is 9.84 Å². The Kier molecular flexibility index (Phi) is 5.63. The van der Waals surface area contributed by atoms with Gasteiger partial charge in [-0.1, -0.05) is 42.5 Å². The van der Waals surface area contributed by atoms with Crippen molar-refractivity contribution in [3.05, 3.63) is 97.0 Å². The molecule has 0 bridgehead atoms. The van der Waals surface area contributed by atoms with Crippen molar-refractivity contribution < 1.29 is 13.2 Å². The van der Waals surface area contributed by atoms with Crippen LogP contribution in [0, 0.1) is 0 Å². The van der Waals surface area contributed by atoms with Crippen LogP contribution >= 0.6 is 0 Å². The summed E-state index contributed by atoms with van der Waals surface area (Å²) in [5.74, 6) is -0.502. The van der Waals surface area contributed by atoms with E-state index in [-0.39, 0.29) is 23.0 Å². The Hall–Kier alpha value is -3.45. The molecular formula is C23H21N3O3S. The molecule has 0 aliphatic rings. The molecule has 0 radical (unpaired) electrons. The van der Waals surface area contributed by atoms with Crippen LogP contribution in [-0.4, -0.2) is 29.5 Å². The second-order valence-electron chi connectivity index (χ2n) is 6.88. The monoisotopic (exact) mass is 419 g/mol. The maximum Gasteiger partial charge on any atom is 0.228 e. The van der Waals surface area contributed by atoms with E-state index in [1.165, 1.54) is 0 Å². The van der Waals surface area contributed by atoms with Gasteiger partial charge in [-0.3, -0.25) is 4.79 Å². The number of pyridine rings is 1. The largest absolute Gasteiger partial charge is 0.306 e. The molecular weight excluding hydrogens is 398 g/mol. The van der Waals surface area contributed by atoms with Crippen LogP contribution in [0.5, 0.6) is 0 Å². The summed E-state index contributed by atoms with van der Waals surface area (Å²) in [7, 11) is -3.53. The first-order chi connectivity index (χ1) is 14.5. The molecule has 2 aromatic heterocycles. The van der Waals surface area contributed by atoms with E-state index in [1.807, 2.05) is 59.1 Å². The van der Waals surface area contributed by atoms with Crippen LogP contribution in [0.25, 0.3) is 5.65 Å². The Morgan fingerprint density at radius 2 is 1.57 bits per heavy atom. The summed E-state index contributed by atoms with van der Waals surface area (Å²) in [5.41, 5.74) is 2.35. The lowest BCUT2D eigenvalue weighted by atomic mass is 10.2. The number of aromatic nitrogens is 2. The van der Waals surface area contributed by atoms with Crippen LogP contribution in [0.3, 0.4) is 0 Å². The minimum atomic E-state index is -3.53. The number of benzene rings is 2. The van der Waals surface area contributed by atoms with E-state index in [9.17, 15) is 13.2 Å². The number of carbonyl (C=O) groups is 1. The van der Waals surface area contributed by atoms with Gasteiger partial charge in [0.1, 0.15) is 5.65 Å². The lowest BCUT2D eigenvalue weighted by molar-refractivity contribution is -0.118. The molecule has 2 heterocycles. The fraction of sp³-hybridized carbons (Fsp3) is 0.130. The molecule has 0 unspecified atom stereocenters. The van der Waals surface area contributed by atoms with Crippen molar-refractivity contribution in [1.82, 2.24) is 9.38 Å². The fourth-order valence-corrected chi connectivity index (χ4v) is 4.55. The Bertz CT molecular complexity index is 1250. The lowest BCUT2D eigenvalue weighted by Gasteiger charge is -2.23. The zero-order valence-electron chi connectivity index (χ0n) is 16.3. The third-order valence-corrected chi connectivity index (χ3v) is 6.60. The second kappa shape index (κ2) is 8.51. The highest BCUT2D eigenvalue weighted by molar-refractivity contribution is 7.91. The summed E-state index contributed by atoms with van der Waals surface area (Å²) in [6.45, 7) is 0.291. The Labute approximate surface area is 175 Å². The summed E-state index contributed by atoms with van der Waals surface area (Å²) in [4.78, 5) is 19.3.